The molecule has 7 heteroatoms. The topological polar surface area (TPSA) is 60.2 Å². The highest BCUT2D eigenvalue weighted by Gasteiger charge is 2.17. The predicted molar refractivity (Wildman–Crippen MR) is 114 cm³/mol. The molecule has 0 radical (unpaired) electrons. The van der Waals surface area contributed by atoms with Crippen molar-refractivity contribution >= 4 is 40.9 Å². The Morgan fingerprint density at radius 1 is 1.07 bits per heavy atom. The summed E-state index contributed by atoms with van der Waals surface area (Å²) in [6.45, 7) is 1.95. The van der Waals surface area contributed by atoms with E-state index in [-0.39, 0.29) is 21.9 Å². The van der Waals surface area contributed by atoms with E-state index >= 15 is 0 Å². The summed E-state index contributed by atoms with van der Waals surface area (Å²) >= 11 is 7.06. The van der Waals surface area contributed by atoms with Crippen LogP contribution in [0.3, 0.4) is 0 Å². The number of aryl methyl sites for hydroxylation is 1. The van der Waals surface area contributed by atoms with E-state index < -0.39 is 10.7 Å². The first kappa shape index (κ1) is 20.8. The maximum absolute atomic E-state index is 14.3. The summed E-state index contributed by atoms with van der Waals surface area (Å²) in [6, 6.07) is 17.1. The van der Waals surface area contributed by atoms with Crippen LogP contribution in [0, 0.1) is 22.9 Å². The van der Waals surface area contributed by atoms with Gasteiger partial charge in [-0.1, -0.05) is 41.1 Å². The summed E-state index contributed by atoms with van der Waals surface area (Å²) in [5.41, 5.74) is 1.16. The van der Waals surface area contributed by atoms with Crippen LogP contribution in [0.5, 0.6) is 0 Å². The minimum absolute atomic E-state index is 0.0314. The first-order valence-electron chi connectivity index (χ1n) is 8.54. The van der Waals surface area contributed by atoms with Gasteiger partial charge in [0.2, 0.25) is 0 Å². The Labute approximate surface area is 176 Å². The van der Waals surface area contributed by atoms with Crippen molar-refractivity contribution in [3.05, 3.63) is 109 Å². The molecule has 146 valence electrons. The third-order valence-electron chi connectivity index (χ3n) is 4.06. The van der Waals surface area contributed by atoms with Gasteiger partial charge in [-0.3, -0.25) is 14.9 Å². The van der Waals surface area contributed by atoms with Crippen LogP contribution in [0.1, 0.15) is 21.5 Å². The molecule has 0 saturated heterocycles. The highest BCUT2D eigenvalue weighted by molar-refractivity contribution is 8.04. The number of nitro groups is 1. The zero-order valence-electron chi connectivity index (χ0n) is 15.3. The summed E-state index contributed by atoms with van der Waals surface area (Å²) < 4.78 is 14.3. The van der Waals surface area contributed by atoms with E-state index in [2.05, 4.69) is 0 Å². The monoisotopic (exact) mass is 427 g/mol. The second-order valence-corrected chi connectivity index (χ2v) is 7.77. The Morgan fingerprint density at radius 2 is 1.72 bits per heavy atom. The summed E-state index contributed by atoms with van der Waals surface area (Å²) in [4.78, 5) is 24.5. The quantitative estimate of drug-likeness (QED) is 0.144. The lowest BCUT2D eigenvalue weighted by atomic mass is 10.1. The fourth-order valence-corrected chi connectivity index (χ4v) is 3.56. The van der Waals surface area contributed by atoms with E-state index in [0.29, 0.717) is 10.6 Å². The number of thioether (sulfide) groups is 1. The van der Waals surface area contributed by atoms with Gasteiger partial charge in [0.15, 0.2) is 5.78 Å². The Morgan fingerprint density at radius 3 is 2.34 bits per heavy atom. The summed E-state index contributed by atoms with van der Waals surface area (Å²) in [5, 5.41) is 11.5. The van der Waals surface area contributed by atoms with Gasteiger partial charge in [0.25, 0.3) is 5.69 Å². The molecule has 3 rings (SSSR count). The average molecular weight is 428 g/mol. The van der Waals surface area contributed by atoms with Crippen LogP contribution in [0.2, 0.25) is 5.02 Å². The minimum Gasteiger partial charge on any atom is -0.288 e. The second kappa shape index (κ2) is 9.03. The maximum Gasteiger partial charge on any atom is 0.270 e. The number of non-ortho nitro benzene ring substituents is 1. The molecule has 3 aromatic carbocycles. The molecular formula is C22H15ClFNO3S. The van der Waals surface area contributed by atoms with Gasteiger partial charge in [-0.2, -0.15) is 0 Å². The molecule has 0 saturated carbocycles. The number of allylic oxidation sites excluding steroid dienone is 1. The number of carbonyl (C=O) groups is 1. The molecule has 0 aromatic heterocycles. The molecule has 3 aromatic rings. The van der Waals surface area contributed by atoms with Gasteiger partial charge in [-0.05, 0) is 55.5 Å². The third-order valence-corrected chi connectivity index (χ3v) is 5.34. The predicted octanol–water partition coefficient (Wildman–Crippen LogP) is 6.71. The molecular weight excluding hydrogens is 413 g/mol. The Bertz CT molecular complexity index is 1100. The molecule has 4 nitrogen and oxygen atoms in total. The molecule has 0 aliphatic heterocycles. The van der Waals surface area contributed by atoms with Crippen LogP contribution in [0.25, 0.3) is 6.08 Å². The molecule has 0 amide bonds. The maximum atomic E-state index is 14.3. The molecule has 0 spiro atoms. The molecule has 0 N–H and O–H groups in total. The van der Waals surface area contributed by atoms with E-state index in [1.165, 1.54) is 6.08 Å². The molecule has 29 heavy (non-hydrogen) atoms. The van der Waals surface area contributed by atoms with Crippen molar-refractivity contribution in [2.75, 3.05) is 0 Å². The lowest BCUT2D eigenvalue weighted by Crippen LogP contribution is -2.01. The zero-order valence-corrected chi connectivity index (χ0v) is 16.8. The molecule has 0 fully saturated rings. The standard InChI is InChI=1S/C22H15ClFNO3S/c1-14-2-9-19(10-3-14)29-21(22(26)15-4-6-17(23)7-5-15)13-16-12-18(25(27)28)8-11-20(16)24/h2-13H,1H3/b21-13+. The van der Waals surface area contributed by atoms with Crippen molar-refractivity contribution in [3.63, 3.8) is 0 Å². The highest BCUT2D eigenvalue weighted by atomic mass is 35.5. The van der Waals surface area contributed by atoms with Gasteiger partial charge in [0.05, 0.1) is 9.83 Å². The minimum atomic E-state index is -0.651. The number of halogens is 2. The average Bonchev–Trinajstić information content (AvgIpc) is 2.70. The van der Waals surface area contributed by atoms with E-state index in [0.717, 1.165) is 40.4 Å². The summed E-state index contributed by atoms with van der Waals surface area (Å²) in [7, 11) is 0. The van der Waals surface area contributed by atoms with Crippen LogP contribution in [0.15, 0.2) is 76.5 Å². The lowest BCUT2D eigenvalue weighted by molar-refractivity contribution is -0.384. The van der Waals surface area contributed by atoms with Gasteiger partial charge in [-0.15, -0.1) is 0 Å². The van der Waals surface area contributed by atoms with Gasteiger partial charge in [0, 0.05) is 33.2 Å². The SMILES string of the molecule is Cc1ccc(S/C(=C/c2cc([N+](=O)[O-])ccc2F)C(=O)c2ccc(Cl)cc2)cc1. The smallest absolute Gasteiger partial charge is 0.270 e. The van der Waals surface area contributed by atoms with Crippen molar-refractivity contribution in [1.82, 2.24) is 0 Å². The van der Waals surface area contributed by atoms with Crippen LogP contribution in [-0.2, 0) is 0 Å². The highest BCUT2D eigenvalue weighted by Crippen LogP contribution is 2.32. The normalized spacial score (nSPS) is 11.3. The van der Waals surface area contributed by atoms with Crippen LogP contribution >= 0.6 is 23.4 Å². The summed E-state index contributed by atoms with van der Waals surface area (Å²) in [5.74, 6) is -0.986. The second-order valence-electron chi connectivity index (χ2n) is 6.22. The van der Waals surface area contributed by atoms with E-state index in [1.807, 2.05) is 31.2 Å². The van der Waals surface area contributed by atoms with E-state index in [1.54, 1.807) is 24.3 Å². The number of hydrogen-bond acceptors (Lipinski definition) is 4. The fraction of sp³-hybridized carbons (Fsp3) is 0.0455. The number of benzene rings is 3. The number of rotatable bonds is 6. The van der Waals surface area contributed by atoms with Gasteiger partial charge >= 0.3 is 0 Å². The number of carbonyl (C=O) groups excluding carboxylic acids is 1. The van der Waals surface area contributed by atoms with Crippen LogP contribution < -0.4 is 0 Å². The number of nitrogens with zero attached hydrogens (tertiary/aromatic N) is 1. The number of nitro benzene ring substituents is 1. The van der Waals surface area contributed by atoms with Crippen molar-refractivity contribution in [3.8, 4) is 0 Å². The first-order chi connectivity index (χ1) is 13.8. The molecule has 0 aliphatic carbocycles. The third kappa shape index (κ3) is 5.31. The molecule has 0 atom stereocenters. The number of hydrogen-bond donors (Lipinski definition) is 0. The largest absolute Gasteiger partial charge is 0.288 e. The first-order valence-corrected chi connectivity index (χ1v) is 9.73. The number of Topliss-reactive ketones (excluding diaryl/α,β-unsaturated/α-hetero) is 1. The van der Waals surface area contributed by atoms with Crippen LogP contribution in [-0.4, -0.2) is 10.7 Å². The van der Waals surface area contributed by atoms with Crippen molar-refractivity contribution in [1.29, 1.82) is 0 Å². The van der Waals surface area contributed by atoms with Crippen molar-refractivity contribution in [2.45, 2.75) is 11.8 Å². The van der Waals surface area contributed by atoms with Crippen molar-refractivity contribution < 1.29 is 14.1 Å². The van der Waals surface area contributed by atoms with Crippen molar-refractivity contribution in [2.24, 2.45) is 0 Å². The van der Waals surface area contributed by atoms with Gasteiger partial charge in [0.1, 0.15) is 5.82 Å². The Kier molecular flexibility index (Phi) is 6.46. The zero-order chi connectivity index (χ0) is 21.0. The number of ketones is 1. The fourth-order valence-electron chi connectivity index (χ4n) is 2.51. The molecule has 0 aliphatic rings. The van der Waals surface area contributed by atoms with Gasteiger partial charge < -0.3 is 0 Å². The van der Waals surface area contributed by atoms with Gasteiger partial charge in [-0.25, -0.2) is 4.39 Å². The lowest BCUT2D eigenvalue weighted by Gasteiger charge is -2.08. The van der Waals surface area contributed by atoms with E-state index in [9.17, 15) is 19.3 Å². The molecule has 0 heterocycles. The van der Waals surface area contributed by atoms with Crippen LogP contribution in [0.4, 0.5) is 10.1 Å². The van der Waals surface area contributed by atoms with E-state index in [4.69, 9.17) is 11.6 Å². The Hall–Kier alpha value is -2.96. The Balaban J connectivity index is 2.06. The molecule has 0 unspecified atom stereocenters. The molecule has 0 bridgehead atoms. The summed E-state index contributed by atoms with van der Waals surface area (Å²) in [6.07, 6.45) is 1.34.